The number of anilines is 2. The molecule has 3 aliphatic rings. The lowest BCUT2D eigenvalue weighted by Gasteiger charge is -2.26. The number of imidazole rings is 1. The van der Waals surface area contributed by atoms with Crippen molar-refractivity contribution < 1.29 is 118 Å². The molecule has 38 nitrogen and oxygen atoms in total. The molecule has 3 saturated heterocycles. The number of H-pyrrole nitrogens is 1. The molecule has 4 unspecified atom stereocenters. The van der Waals surface area contributed by atoms with Crippen LogP contribution in [-0.2, 0) is 68.3 Å². The van der Waals surface area contributed by atoms with Gasteiger partial charge in [-0.05, 0) is 6.07 Å². The number of nitrogens with one attached hydrogen (secondary N) is 1. The molecule has 3 aliphatic heterocycles. The minimum Gasteiger partial charge on any atom is -0.387 e. The highest BCUT2D eigenvalue weighted by Gasteiger charge is 2.54. The van der Waals surface area contributed by atoms with Crippen LogP contribution in [0.4, 0.5) is 11.6 Å². The highest BCUT2D eigenvalue weighted by Crippen LogP contribution is 2.66. The lowest BCUT2D eigenvalue weighted by molar-refractivity contribution is -0.0640. The molecule has 0 aromatic carbocycles. The number of aromatic nitrogens is 8. The van der Waals surface area contributed by atoms with Gasteiger partial charge in [0, 0.05) is 18.5 Å². The van der Waals surface area contributed by atoms with Gasteiger partial charge in [-0.1, -0.05) is 0 Å². The summed E-state index contributed by atoms with van der Waals surface area (Å²) in [5.74, 6) is -0.367. The summed E-state index contributed by atoms with van der Waals surface area (Å²) in [6.07, 6.45) is -19.8. The largest absolute Gasteiger partial charge is 0.490 e. The van der Waals surface area contributed by atoms with E-state index in [1.165, 1.54) is 0 Å². The molecule has 0 radical (unpaired) electrons. The number of rotatable bonds is 20. The fourth-order valence-corrected chi connectivity index (χ4v) is 12.0. The van der Waals surface area contributed by atoms with E-state index in [0.717, 1.165) is 46.3 Å². The minimum absolute atomic E-state index is 0.0635. The highest BCUT2D eigenvalue weighted by molar-refractivity contribution is 7.66. The second kappa shape index (κ2) is 20.8. The smallest absolute Gasteiger partial charge is 0.387 e. The van der Waals surface area contributed by atoms with Crippen molar-refractivity contribution in [2.24, 2.45) is 0 Å². The van der Waals surface area contributed by atoms with E-state index in [9.17, 15) is 77.2 Å². The van der Waals surface area contributed by atoms with Gasteiger partial charge in [-0.15, -0.1) is 0 Å². The monoisotopic (exact) mass is 1120 g/mol. The summed E-state index contributed by atoms with van der Waals surface area (Å²) in [6, 6.07) is 1.96. The number of phosphoric acid groups is 5. The summed E-state index contributed by atoms with van der Waals surface area (Å²) in [5, 5.41) is 43.9. The molecule has 0 amide bonds. The Labute approximate surface area is 391 Å². The van der Waals surface area contributed by atoms with E-state index in [2.05, 4.69) is 33.1 Å². The fraction of sp³-hybridized carbons (Fsp3) is 0.536. The van der Waals surface area contributed by atoms with Crippen molar-refractivity contribution in [3.05, 3.63) is 68.5 Å². The van der Waals surface area contributed by atoms with E-state index in [-0.39, 0.29) is 22.8 Å². The number of fused-ring (bicyclic) bond motifs is 1. The van der Waals surface area contributed by atoms with E-state index < -0.39 is 149 Å². The quantitative estimate of drug-likeness (QED) is 0.0370. The van der Waals surface area contributed by atoms with Crippen molar-refractivity contribution in [1.82, 2.24) is 38.6 Å². The fourth-order valence-electron chi connectivity index (χ4n) is 7.00. The van der Waals surface area contributed by atoms with Crippen molar-refractivity contribution in [1.29, 1.82) is 0 Å². The molecule has 0 bridgehead atoms. The molecule has 71 heavy (non-hydrogen) atoms. The zero-order valence-electron chi connectivity index (χ0n) is 34.9. The van der Waals surface area contributed by atoms with Crippen LogP contribution in [0.1, 0.15) is 18.7 Å². The number of aromatic amines is 1. The predicted molar refractivity (Wildman–Crippen MR) is 221 cm³/mol. The first-order chi connectivity index (χ1) is 32.9. The van der Waals surface area contributed by atoms with Crippen LogP contribution in [0.5, 0.6) is 0 Å². The third-order valence-corrected chi connectivity index (χ3v) is 15.8. The maximum Gasteiger partial charge on any atom is 0.490 e. The third kappa shape index (κ3) is 12.9. The Morgan fingerprint density at radius 3 is 1.70 bits per heavy atom. The summed E-state index contributed by atoms with van der Waals surface area (Å²) < 4.78 is 114. The molecule has 3 fully saturated rings. The number of aliphatic hydroxyl groups excluding tert-OH is 4. The first-order valence-corrected chi connectivity index (χ1v) is 26.8. The van der Waals surface area contributed by atoms with Crippen LogP contribution in [0.2, 0.25) is 0 Å². The lowest BCUT2D eigenvalue weighted by Crippen LogP contribution is -2.39. The van der Waals surface area contributed by atoms with Crippen LogP contribution in [0.3, 0.4) is 0 Å². The molecule has 7 heterocycles. The summed E-state index contributed by atoms with van der Waals surface area (Å²) in [5.41, 5.74) is 7.95. The molecule has 4 aromatic rings. The van der Waals surface area contributed by atoms with Crippen LogP contribution >= 0.6 is 39.1 Å². The van der Waals surface area contributed by atoms with Crippen molar-refractivity contribution in [3.63, 3.8) is 0 Å². The number of hydrogen-bond acceptors (Lipinski definition) is 28. The molecule has 16 atom stereocenters. The Kier molecular flexibility index (Phi) is 16.0. The number of hydrogen-bond donors (Lipinski definition) is 13. The molecular formula is C28H39N10O28P5. The van der Waals surface area contributed by atoms with Gasteiger partial charge in [-0.2, -0.15) is 13.6 Å². The maximum atomic E-state index is 13.7. The maximum absolute atomic E-state index is 13.7. The van der Waals surface area contributed by atoms with E-state index in [4.69, 9.17) is 53.6 Å². The van der Waals surface area contributed by atoms with Crippen molar-refractivity contribution >= 4 is 61.9 Å². The van der Waals surface area contributed by atoms with Gasteiger partial charge in [0.1, 0.15) is 72.6 Å². The second-order valence-electron chi connectivity index (χ2n) is 14.9. The molecule has 0 saturated carbocycles. The van der Waals surface area contributed by atoms with Gasteiger partial charge < -0.3 is 75.5 Å². The minimum atomic E-state index is -6.06. The Hall–Kier alpha value is -3.94. The van der Waals surface area contributed by atoms with E-state index in [1.54, 1.807) is 0 Å². The Morgan fingerprint density at radius 2 is 1.14 bits per heavy atom. The summed E-state index contributed by atoms with van der Waals surface area (Å²) in [4.78, 5) is 113. The molecule has 15 N–H and O–H groups in total. The van der Waals surface area contributed by atoms with Gasteiger partial charge in [-0.25, -0.2) is 47.4 Å². The van der Waals surface area contributed by atoms with Crippen LogP contribution in [0, 0.1) is 0 Å². The van der Waals surface area contributed by atoms with Crippen molar-refractivity contribution in [2.45, 2.75) is 73.6 Å². The molecule has 4 aromatic heterocycles. The van der Waals surface area contributed by atoms with E-state index in [0.29, 0.717) is 4.57 Å². The number of nitrogens with zero attached hydrogens (tertiary/aromatic N) is 7. The average molecular weight is 1120 g/mol. The topological polar surface area (TPSA) is 565 Å². The normalized spacial score (nSPS) is 31.5. The van der Waals surface area contributed by atoms with Gasteiger partial charge in [-0.3, -0.25) is 46.1 Å². The highest BCUT2D eigenvalue weighted by atomic mass is 31.3. The van der Waals surface area contributed by atoms with E-state index >= 15 is 0 Å². The number of phosphoric ester groups is 3. The van der Waals surface area contributed by atoms with Gasteiger partial charge in [0.2, 0.25) is 0 Å². The molecule has 0 spiro atoms. The number of nitrogen functional groups attached to an aromatic ring is 2. The number of ether oxygens (including phenoxy) is 3. The second-order valence-corrected chi connectivity index (χ2v) is 22.1. The zero-order chi connectivity index (χ0) is 52.2. The number of nitrogens with two attached hydrogens (primary N) is 2. The first kappa shape index (κ1) is 54.8. The van der Waals surface area contributed by atoms with E-state index in [1.807, 2.05) is 4.98 Å². The zero-order valence-corrected chi connectivity index (χ0v) is 39.3. The Balaban J connectivity index is 1.09. The van der Waals surface area contributed by atoms with Crippen LogP contribution in [0.15, 0.2) is 51.6 Å². The van der Waals surface area contributed by atoms with Crippen LogP contribution < -0.4 is 28.4 Å². The molecule has 7 rings (SSSR count). The summed E-state index contributed by atoms with van der Waals surface area (Å²) in [6.45, 7) is -3.80. The van der Waals surface area contributed by atoms with Crippen LogP contribution in [-0.4, -0.2) is 163 Å². The van der Waals surface area contributed by atoms with Crippen molar-refractivity contribution in [2.75, 3.05) is 31.3 Å². The molecular weight excluding hydrogens is 1080 g/mol. The lowest BCUT2D eigenvalue weighted by atomic mass is 10.1. The van der Waals surface area contributed by atoms with Gasteiger partial charge >= 0.3 is 50.5 Å². The SMILES string of the molecule is Nc1ccn([C@@H]2O[C@H](COP(=O)(O)O[C@H]3[C@@H](O)[C@H](n4ccc(=O)[nH]c4=O)O[C@@H]3COP(=O)(O)O[C@H]3[C@@H](O)[C@H](n4cnc5c(N)ncnc54)O[C@@H]3COP(=O)(O)OP(=O)(O)OP(=O)(O)O)[C@@H](O)[C@H]2O)c(=O)n1. The molecule has 43 heteroatoms. The van der Waals surface area contributed by atoms with Crippen LogP contribution in [0.25, 0.3) is 11.2 Å². The molecule has 394 valence electrons. The molecule has 0 aliphatic carbocycles. The van der Waals surface area contributed by atoms with Gasteiger partial charge in [0.25, 0.3) is 5.56 Å². The van der Waals surface area contributed by atoms with Crippen molar-refractivity contribution in [3.8, 4) is 0 Å². The standard InChI is InChI=1S/C28H39N10O28P5/c29-13-1-3-36(27(44)34-13)24-17(41)16(40)10(60-24)5-57-68(49,50)63-20-11(61-25(18(20)42)37-4-2-14(39)35-28(37)45)6-58-69(51,52)64-21-12(7-59-70(53,54)66-71(55,56)65-67(46,47)48)62-26(19(21)43)38-9-33-15-22(30)31-8-32-23(15)38/h1-4,8-12,16-21,24-26,40-43H,5-7H2,(H,49,50)(H,51,52)(H,53,54)(H,55,56)(H2,29,34,44)(H2,30,31,32)(H,35,39,45)(H2,46,47,48)/t10-,11-,12-,16-,17-,18-,19-,20-,21-,24-,25-,26-/m1/s1. The number of aliphatic hydroxyl groups is 4. The van der Waals surface area contributed by atoms with Gasteiger partial charge in [0.15, 0.2) is 30.1 Å². The first-order valence-electron chi connectivity index (χ1n) is 19.3. The summed E-state index contributed by atoms with van der Waals surface area (Å²) in [7, 11) is -29.1. The predicted octanol–water partition coefficient (Wildman–Crippen LogP) is -4.72. The average Bonchev–Trinajstić information content (AvgIpc) is 3.97. The third-order valence-electron chi connectivity index (χ3n) is 10.00. The Bertz CT molecular complexity index is 3040. The van der Waals surface area contributed by atoms with Gasteiger partial charge in [0.05, 0.1) is 26.1 Å². The Morgan fingerprint density at radius 1 is 0.620 bits per heavy atom. The summed E-state index contributed by atoms with van der Waals surface area (Å²) >= 11 is 0.